The van der Waals surface area contributed by atoms with Crippen LogP contribution in [-0.2, 0) is 4.79 Å². The molecule has 1 atom stereocenters. The van der Waals surface area contributed by atoms with Crippen LogP contribution in [0.4, 0.5) is 10.2 Å². The van der Waals surface area contributed by atoms with Crippen LogP contribution in [0.15, 0.2) is 60.7 Å². The Kier molecular flexibility index (Phi) is 7.93. The van der Waals surface area contributed by atoms with E-state index in [0.717, 1.165) is 17.1 Å². The highest BCUT2D eigenvalue weighted by Crippen LogP contribution is 2.20. The molecule has 36 heavy (non-hydrogen) atoms. The van der Waals surface area contributed by atoms with Crippen molar-refractivity contribution in [2.45, 2.75) is 33.2 Å². The van der Waals surface area contributed by atoms with Crippen LogP contribution in [0.5, 0.6) is 0 Å². The Hall–Kier alpha value is -3.81. The number of nitrogens with zero attached hydrogens (tertiary/aromatic N) is 5. The third kappa shape index (κ3) is 5.87. The molecule has 188 valence electrons. The average molecular weight is 490 g/mol. The second kappa shape index (κ2) is 11.3. The maximum atomic E-state index is 13.7. The predicted molar refractivity (Wildman–Crippen MR) is 138 cm³/mol. The molecule has 3 aromatic rings. The van der Waals surface area contributed by atoms with Crippen molar-refractivity contribution in [3.05, 3.63) is 77.6 Å². The molecular formula is C28H32FN5O2. The number of aromatic nitrogens is 2. The van der Waals surface area contributed by atoms with Crippen molar-refractivity contribution in [1.29, 1.82) is 0 Å². The lowest BCUT2D eigenvalue weighted by Crippen LogP contribution is -2.53. The lowest BCUT2D eigenvalue weighted by atomic mass is 10.1. The molecule has 2 amide bonds. The van der Waals surface area contributed by atoms with E-state index in [0.29, 0.717) is 32.6 Å². The van der Waals surface area contributed by atoms with Gasteiger partial charge in [0.25, 0.3) is 5.91 Å². The first-order chi connectivity index (χ1) is 17.4. The van der Waals surface area contributed by atoms with Crippen molar-refractivity contribution in [1.82, 2.24) is 20.0 Å². The van der Waals surface area contributed by atoms with E-state index in [1.807, 2.05) is 45.0 Å². The summed E-state index contributed by atoms with van der Waals surface area (Å²) in [5.74, 6) is -0.136. The van der Waals surface area contributed by atoms with Gasteiger partial charge in [-0.15, -0.1) is 10.2 Å². The van der Waals surface area contributed by atoms with Crippen LogP contribution >= 0.6 is 0 Å². The van der Waals surface area contributed by atoms with Crippen LogP contribution in [0.2, 0.25) is 0 Å². The standard InChI is InChI=1S/C28H32FN5O2/c1-4-21(3)34(28(36)23-6-5-7-24(29)18-23)19-27(35)33-16-14-32(15-17-33)26-13-12-25(30-31-26)22-10-8-20(2)9-11-22/h5-13,18,21H,4,14-17,19H2,1-3H3/t21-/m0/s1. The highest BCUT2D eigenvalue weighted by atomic mass is 19.1. The Morgan fingerprint density at radius 1 is 1.00 bits per heavy atom. The van der Waals surface area contributed by atoms with E-state index in [1.165, 1.54) is 23.8 Å². The molecule has 7 nitrogen and oxygen atoms in total. The van der Waals surface area contributed by atoms with E-state index in [1.54, 1.807) is 15.9 Å². The van der Waals surface area contributed by atoms with Gasteiger partial charge < -0.3 is 14.7 Å². The largest absolute Gasteiger partial charge is 0.352 e. The highest BCUT2D eigenvalue weighted by molar-refractivity contribution is 5.96. The molecule has 0 unspecified atom stereocenters. The molecule has 0 saturated carbocycles. The van der Waals surface area contributed by atoms with E-state index in [4.69, 9.17) is 0 Å². The van der Waals surface area contributed by atoms with Gasteiger partial charge in [0, 0.05) is 43.3 Å². The Morgan fingerprint density at radius 3 is 2.33 bits per heavy atom. The number of benzene rings is 2. The molecule has 1 saturated heterocycles. The van der Waals surface area contributed by atoms with Gasteiger partial charge >= 0.3 is 0 Å². The monoisotopic (exact) mass is 489 g/mol. The number of halogens is 1. The topological polar surface area (TPSA) is 69.6 Å². The Morgan fingerprint density at radius 2 is 1.72 bits per heavy atom. The molecule has 0 spiro atoms. The van der Waals surface area contributed by atoms with Gasteiger partial charge in [0.05, 0.1) is 5.69 Å². The zero-order chi connectivity index (χ0) is 25.7. The van der Waals surface area contributed by atoms with E-state index in [2.05, 4.69) is 27.2 Å². The van der Waals surface area contributed by atoms with Gasteiger partial charge in [0.2, 0.25) is 5.91 Å². The minimum Gasteiger partial charge on any atom is -0.352 e. The van der Waals surface area contributed by atoms with Crippen LogP contribution in [0.1, 0.15) is 36.2 Å². The number of piperazine rings is 1. The Bertz CT molecular complexity index is 1190. The predicted octanol–water partition coefficient (Wildman–Crippen LogP) is 4.18. The van der Waals surface area contributed by atoms with Gasteiger partial charge in [0.1, 0.15) is 12.4 Å². The average Bonchev–Trinajstić information content (AvgIpc) is 2.91. The fraction of sp³-hybridized carbons (Fsp3) is 0.357. The summed E-state index contributed by atoms with van der Waals surface area (Å²) in [6, 6.07) is 17.5. The van der Waals surface area contributed by atoms with Gasteiger partial charge in [-0.1, -0.05) is 42.8 Å². The fourth-order valence-corrected chi connectivity index (χ4v) is 4.24. The lowest BCUT2D eigenvalue weighted by Gasteiger charge is -2.37. The molecule has 2 aromatic carbocycles. The summed E-state index contributed by atoms with van der Waals surface area (Å²) in [4.78, 5) is 31.6. The van der Waals surface area contributed by atoms with E-state index >= 15 is 0 Å². The van der Waals surface area contributed by atoms with Gasteiger partial charge in [-0.3, -0.25) is 9.59 Å². The first kappa shape index (κ1) is 25.3. The van der Waals surface area contributed by atoms with Crippen molar-refractivity contribution in [2.75, 3.05) is 37.6 Å². The molecule has 8 heteroatoms. The number of hydrogen-bond donors (Lipinski definition) is 0. The summed E-state index contributed by atoms with van der Waals surface area (Å²) in [5, 5.41) is 8.79. The number of aryl methyl sites for hydroxylation is 1. The van der Waals surface area contributed by atoms with Crippen molar-refractivity contribution in [3.63, 3.8) is 0 Å². The number of carbonyl (C=O) groups is 2. The number of anilines is 1. The summed E-state index contributed by atoms with van der Waals surface area (Å²) in [7, 11) is 0. The molecule has 0 radical (unpaired) electrons. The molecular weight excluding hydrogens is 457 g/mol. The first-order valence-corrected chi connectivity index (χ1v) is 12.4. The van der Waals surface area contributed by atoms with Crippen LogP contribution in [-0.4, -0.2) is 70.6 Å². The molecule has 0 aliphatic carbocycles. The summed E-state index contributed by atoms with van der Waals surface area (Å²) in [6.07, 6.45) is 0.694. The maximum absolute atomic E-state index is 13.7. The Labute approximate surface area is 211 Å². The van der Waals surface area contributed by atoms with Crippen molar-refractivity contribution < 1.29 is 14.0 Å². The number of hydrogen-bond acceptors (Lipinski definition) is 5. The van der Waals surface area contributed by atoms with Crippen molar-refractivity contribution in [2.24, 2.45) is 0 Å². The van der Waals surface area contributed by atoms with Gasteiger partial charge in [-0.2, -0.15) is 0 Å². The van der Waals surface area contributed by atoms with Gasteiger partial charge in [-0.25, -0.2) is 4.39 Å². The molecule has 2 heterocycles. The van der Waals surface area contributed by atoms with Gasteiger partial charge in [0.15, 0.2) is 5.82 Å². The van der Waals surface area contributed by atoms with Crippen LogP contribution in [0, 0.1) is 12.7 Å². The maximum Gasteiger partial charge on any atom is 0.254 e. The first-order valence-electron chi connectivity index (χ1n) is 12.4. The molecule has 4 rings (SSSR count). The number of rotatable bonds is 7. The summed E-state index contributed by atoms with van der Waals surface area (Å²) in [5.41, 5.74) is 3.29. The molecule has 1 aliphatic heterocycles. The summed E-state index contributed by atoms with van der Waals surface area (Å²) >= 11 is 0. The van der Waals surface area contributed by atoms with Crippen molar-refractivity contribution >= 4 is 17.6 Å². The minimum absolute atomic E-state index is 0.0323. The molecule has 1 aromatic heterocycles. The smallest absolute Gasteiger partial charge is 0.254 e. The normalized spacial score (nSPS) is 14.4. The zero-order valence-corrected chi connectivity index (χ0v) is 21.0. The second-order valence-electron chi connectivity index (χ2n) is 9.21. The van der Waals surface area contributed by atoms with Crippen molar-refractivity contribution in [3.8, 4) is 11.3 Å². The molecule has 1 aliphatic rings. The zero-order valence-electron chi connectivity index (χ0n) is 21.0. The fourth-order valence-electron chi connectivity index (χ4n) is 4.24. The lowest BCUT2D eigenvalue weighted by molar-refractivity contribution is -0.132. The van der Waals surface area contributed by atoms with E-state index in [9.17, 15) is 14.0 Å². The molecule has 0 bridgehead atoms. The van der Waals surface area contributed by atoms with Crippen LogP contribution in [0.3, 0.4) is 0 Å². The van der Waals surface area contributed by atoms with Gasteiger partial charge in [-0.05, 0) is 50.6 Å². The minimum atomic E-state index is -0.470. The number of carbonyl (C=O) groups excluding carboxylic acids is 2. The van der Waals surface area contributed by atoms with Crippen LogP contribution in [0.25, 0.3) is 11.3 Å². The second-order valence-corrected chi connectivity index (χ2v) is 9.21. The SMILES string of the molecule is CC[C@H](C)N(CC(=O)N1CCN(c2ccc(-c3ccc(C)cc3)nn2)CC1)C(=O)c1cccc(F)c1. The number of amides is 2. The highest BCUT2D eigenvalue weighted by Gasteiger charge is 2.28. The van der Waals surface area contributed by atoms with E-state index in [-0.39, 0.29) is 30.0 Å². The van der Waals surface area contributed by atoms with Crippen LogP contribution < -0.4 is 4.90 Å². The van der Waals surface area contributed by atoms with E-state index < -0.39 is 5.82 Å². The molecule has 1 fully saturated rings. The quantitative estimate of drug-likeness (QED) is 0.498. The Balaban J connectivity index is 1.36. The summed E-state index contributed by atoms with van der Waals surface area (Å²) in [6.45, 7) is 8.21. The third-order valence-electron chi connectivity index (χ3n) is 6.72. The molecule has 0 N–H and O–H groups in total. The summed E-state index contributed by atoms with van der Waals surface area (Å²) < 4.78 is 13.7. The third-order valence-corrected chi connectivity index (χ3v) is 6.72.